The van der Waals surface area contributed by atoms with Crippen molar-refractivity contribution >= 4 is 29.3 Å². The molecule has 0 aromatic heterocycles. The molecule has 0 spiro atoms. The first-order valence-corrected chi connectivity index (χ1v) is 8.55. The summed E-state index contributed by atoms with van der Waals surface area (Å²) in [6.07, 6.45) is 5.10. The van der Waals surface area contributed by atoms with Gasteiger partial charge in [0.2, 0.25) is 0 Å². The van der Waals surface area contributed by atoms with Crippen molar-refractivity contribution < 1.29 is 9.53 Å². The SMILES string of the molecule is CN.O=CC1(Nc2ccc(Cl)c(N3CCOCC3)c2)CCCC1. The molecule has 2 aliphatic rings. The first kappa shape index (κ1) is 18.0. The van der Waals surface area contributed by atoms with Crippen LogP contribution in [0, 0.1) is 0 Å². The van der Waals surface area contributed by atoms with Gasteiger partial charge < -0.3 is 25.5 Å². The van der Waals surface area contributed by atoms with Crippen molar-refractivity contribution in [3.63, 3.8) is 0 Å². The molecule has 1 aliphatic heterocycles. The molecule has 23 heavy (non-hydrogen) atoms. The van der Waals surface area contributed by atoms with Crippen molar-refractivity contribution in [2.75, 3.05) is 43.6 Å². The maximum atomic E-state index is 11.5. The summed E-state index contributed by atoms with van der Waals surface area (Å²) in [5.41, 5.74) is 6.09. The van der Waals surface area contributed by atoms with Crippen LogP contribution >= 0.6 is 11.6 Å². The first-order valence-electron chi connectivity index (χ1n) is 8.17. The van der Waals surface area contributed by atoms with Gasteiger partial charge in [-0.2, -0.15) is 0 Å². The van der Waals surface area contributed by atoms with Crippen LogP contribution in [0.5, 0.6) is 0 Å². The Morgan fingerprint density at radius 2 is 1.91 bits per heavy atom. The van der Waals surface area contributed by atoms with Crippen LogP contribution in [0.15, 0.2) is 18.2 Å². The first-order chi connectivity index (χ1) is 11.2. The number of anilines is 2. The fourth-order valence-electron chi connectivity index (χ4n) is 3.20. The second-order valence-electron chi connectivity index (χ2n) is 5.87. The van der Waals surface area contributed by atoms with Crippen molar-refractivity contribution in [3.8, 4) is 0 Å². The molecule has 0 amide bonds. The Morgan fingerprint density at radius 1 is 1.26 bits per heavy atom. The van der Waals surface area contributed by atoms with Crippen molar-refractivity contribution in [2.45, 2.75) is 31.2 Å². The van der Waals surface area contributed by atoms with E-state index >= 15 is 0 Å². The third kappa shape index (κ3) is 4.37. The van der Waals surface area contributed by atoms with Crippen molar-refractivity contribution in [3.05, 3.63) is 23.2 Å². The van der Waals surface area contributed by atoms with E-state index in [-0.39, 0.29) is 0 Å². The molecule has 3 rings (SSSR count). The average molecular weight is 340 g/mol. The van der Waals surface area contributed by atoms with Gasteiger partial charge in [-0.05, 0) is 38.1 Å². The number of morpholine rings is 1. The highest BCUT2D eigenvalue weighted by Gasteiger charge is 2.33. The molecule has 1 heterocycles. The average Bonchev–Trinajstić information content (AvgIpc) is 3.08. The number of nitrogens with zero attached hydrogens (tertiary/aromatic N) is 1. The molecule has 1 saturated heterocycles. The molecule has 3 N–H and O–H groups in total. The van der Waals surface area contributed by atoms with Gasteiger partial charge in [0.25, 0.3) is 0 Å². The van der Waals surface area contributed by atoms with E-state index in [2.05, 4.69) is 22.0 Å². The summed E-state index contributed by atoms with van der Waals surface area (Å²) >= 11 is 6.33. The lowest BCUT2D eigenvalue weighted by Gasteiger charge is -2.31. The van der Waals surface area contributed by atoms with E-state index in [0.717, 1.165) is 74.7 Å². The molecule has 1 aromatic carbocycles. The fourth-order valence-corrected chi connectivity index (χ4v) is 3.44. The third-order valence-electron chi connectivity index (χ3n) is 4.41. The number of rotatable bonds is 4. The Kier molecular flexibility index (Phi) is 6.69. The van der Waals surface area contributed by atoms with Crippen LogP contribution in [-0.2, 0) is 9.53 Å². The van der Waals surface area contributed by atoms with Gasteiger partial charge in [-0.25, -0.2) is 0 Å². The third-order valence-corrected chi connectivity index (χ3v) is 4.73. The maximum absolute atomic E-state index is 11.5. The van der Waals surface area contributed by atoms with E-state index in [1.54, 1.807) is 0 Å². The molecule has 5 nitrogen and oxygen atoms in total. The molecule has 6 heteroatoms. The molecular formula is C17H26ClN3O2. The Morgan fingerprint density at radius 3 is 2.52 bits per heavy atom. The van der Waals surface area contributed by atoms with E-state index in [1.165, 1.54) is 7.05 Å². The topological polar surface area (TPSA) is 67.6 Å². The smallest absolute Gasteiger partial charge is 0.145 e. The Balaban J connectivity index is 0.000000924. The molecule has 128 valence electrons. The molecule has 0 bridgehead atoms. The van der Waals surface area contributed by atoms with E-state index in [9.17, 15) is 4.79 Å². The molecule has 1 saturated carbocycles. The second-order valence-corrected chi connectivity index (χ2v) is 6.28. The van der Waals surface area contributed by atoms with Gasteiger partial charge in [0.05, 0.1) is 29.5 Å². The van der Waals surface area contributed by atoms with E-state index in [1.807, 2.05) is 12.1 Å². The van der Waals surface area contributed by atoms with Crippen LogP contribution in [0.3, 0.4) is 0 Å². The van der Waals surface area contributed by atoms with Crippen molar-refractivity contribution in [2.24, 2.45) is 5.73 Å². The zero-order valence-corrected chi connectivity index (χ0v) is 14.4. The largest absolute Gasteiger partial charge is 0.378 e. The van der Waals surface area contributed by atoms with Crippen molar-refractivity contribution in [1.82, 2.24) is 0 Å². The van der Waals surface area contributed by atoms with Gasteiger partial charge in [-0.3, -0.25) is 0 Å². The summed E-state index contributed by atoms with van der Waals surface area (Å²) in [6.45, 7) is 3.16. The number of nitrogens with one attached hydrogen (secondary N) is 1. The molecule has 0 unspecified atom stereocenters. The highest BCUT2D eigenvalue weighted by atomic mass is 35.5. The predicted molar refractivity (Wildman–Crippen MR) is 95.5 cm³/mol. The van der Waals surface area contributed by atoms with E-state index < -0.39 is 5.54 Å². The number of carbonyl (C=O) groups is 1. The van der Waals surface area contributed by atoms with Gasteiger partial charge in [0.15, 0.2) is 0 Å². The highest BCUT2D eigenvalue weighted by molar-refractivity contribution is 6.33. The lowest BCUT2D eigenvalue weighted by molar-refractivity contribution is -0.111. The van der Waals surface area contributed by atoms with Gasteiger partial charge >= 0.3 is 0 Å². The minimum atomic E-state index is -0.393. The minimum absolute atomic E-state index is 0.393. The van der Waals surface area contributed by atoms with Gasteiger partial charge in [-0.15, -0.1) is 0 Å². The van der Waals surface area contributed by atoms with Crippen LogP contribution in [0.2, 0.25) is 5.02 Å². The number of hydrogen-bond acceptors (Lipinski definition) is 5. The number of benzene rings is 1. The zero-order chi connectivity index (χ0) is 16.7. The predicted octanol–water partition coefficient (Wildman–Crippen LogP) is 2.68. The standard InChI is InChI=1S/C16H21ClN2O2.CH5N/c17-14-4-3-13(18-16(12-20)5-1-2-6-16)11-15(14)19-7-9-21-10-8-19;1-2/h3-4,11-12,18H,1-2,5-10H2;2H2,1H3. The number of halogens is 1. The second kappa shape index (κ2) is 8.52. The van der Waals surface area contributed by atoms with Crippen LogP contribution in [-0.4, -0.2) is 45.2 Å². The number of nitrogens with two attached hydrogens (primary N) is 1. The van der Waals surface area contributed by atoms with E-state index in [4.69, 9.17) is 16.3 Å². The van der Waals surface area contributed by atoms with Gasteiger partial charge in [0.1, 0.15) is 6.29 Å². The van der Waals surface area contributed by atoms with Gasteiger partial charge in [-0.1, -0.05) is 24.4 Å². The lowest BCUT2D eigenvalue weighted by Crippen LogP contribution is -2.38. The summed E-state index contributed by atoms with van der Waals surface area (Å²) in [5, 5.41) is 4.17. The number of aldehydes is 1. The molecule has 0 atom stereocenters. The Labute approximate surface area is 143 Å². The van der Waals surface area contributed by atoms with Gasteiger partial charge in [0, 0.05) is 18.8 Å². The maximum Gasteiger partial charge on any atom is 0.145 e. The molecule has 1 aliphatic carbocycles. The molecule has 2 fully saturated rings. The van der Waals surface area contributed by atoms with E-state index in [0.29, 0.717) is 0 Å². The van der Waals surface area contributed by atoms with Crippen LogP contribution in [0.25, 0.3) is 0 Å². The summed E-state index contributed by atoms with van der Waals surface area (Å²) in [5.74, 6) is 0. The quantitative estimate of drug-likeness (QED) is 0.825. The van der Waals surface area contributed by atoms with Crippen LogP contribution in [0.4, 0.5) is 11.4 Å². The lowest BCUT2D eigenvalue weighted by atomic mass is 9.99. The molecule has 1 aromatic rings. The summed E-state index contributed by atoms with van der Waals surface area (Å²) in [7, 11) is 1.50. The zero-order valence-electron chi connectivity index (χ0n) is 13.7. The Hall–Kier alpha value is -1.30. The highest BCUT2D eigenvalue weighted by Crippen LogP contribution is 2.35. The molecular weight excluding hydrogens is 314 g/mol. The number of hydrogen-bond donors (Lipinski definition) is 2. The van der Waals surface area contributed by atoms with Crippen LogP contribution in [0.1, 0.15) is 25.7 Å². The molecule has 0 radical (unpaired) electrons. The normalized spacial score (nSPS) is 19.7. The fraction of sp³-hybridized carbons (Fsp3) is 0.588. The number of ether oxygens (including phenoxy) is 1. The minimum Gasteiger partial charge on any atom is -0.378 e. The van der Waals surface area contributed by atoms with Crippen molar-refractivity contribution in [1.29, 1.82) is 0 Å². The summed E-state index contributed by atoms with van der Waals surface area (Å²) < 4.78 is 5.39. The Bertz CT molecular complexity index is 513. The monoisotopic (exact) mass is 339 g/mol. The van der Waals surface area contributed by atoms with Crippen LogP contribution < -0.4 is 16.0 Å². The number of carbonyl (C=O) groups excluding carboxylic acids is 1. The summed E-state index contributed by atoms with van der Waals surface area (Å²) in [6, 6.07) is 5.91. The summed E-state index contributed by atoms with van der Waals surface area (Å²) in [4.78, 5) is 13.7.